The van der Waals surface area contributed by atoms with E-state index in [1.807, 2.05) is 19.1 Å². The van der Waals surface area contributed by atoms with E-state index in [0.29, 0.717) is 0 Å². The van der Waals surface area contributed by atoms with Gasteiger partial charge in [0.25, 0.3) is 0 Å². The number of rotatable bonds is 4. The Morgan fingerprint density at radius 3 is 2.76 bits per heavy atom. The van der Waals surface area contributed by atoms with Crippen molar-refractivity contribution in [2.24, 2.45) is 0 Å². The number of carbonyl (C=O) groups is 1. The van der Waals surface area contributed by atoms with Crippen molar-refractivity contribution in [3.05, 3.63) is 28.8 Å². The predicted molar refractivity (Wildman–Crippen MR) is 65.7 cm³/mol. The molecule has 1 aliphatic carbocycles. The third kappa shape index (κ3) is 2.28. The Kier molecular flexibility index (Phi) is 3.36. The maximum atomic E-state index is 10.8. The summed E-state index contributed by atoms with van der Waals surface area (Å²) in [6.07, 6.45) is 3.43. The molecule has 3 nitrogen and oxygen atoms in total. The van der Waals surface area contributed by atoms with Gasteiger partial charge in [0.1, 0.15) is 5.75 Å². The van der Waals surface area contributed by atoms with Crippen LogP contribution < -0.4 is 4.74 Å². The maximum absolute atomic E-state index is 10.8. The molecule has 0 fully saturated rings. The molecule has 17 heavy (non-hydrogen) atoms. The molecule has 0 radical (unpaired) electrons. The van der Waals surface area contributed by atoms with E-state index in [-0.39, 0.29) is 12.3 Å². The van der Waals surface area contributed by atoms with Gasteiger partial charge in [-0.25, -0.2) is 0 Å². The summed E-state index contributed by atoms with van der Waals surface area (Å²) in [7, 11) is 1.69. The summed E-state index contributed by atoms with van der Waals surface area (Å²) in [6.45, 7) is 1.98. The molecule has 1 atom stereocenters. The fourth-order valence-corrected chi connectivity index (χ4v) is 2.73. The van der Waals surface area contributed by atoms with Gasteiger partial charge in [-0.3, -0.25) is 4.79 Å². The van der Waals surface area contributed by atoms with Crippen LogP contribution in [0.1, 0.15) is 42.4 Å². The molecule has 2 rings (SSSR count). The van der Waals surface area contributed by atoms with Crippen LogP contribution in [-0.4, -0.2) is 18.2 Å². The van der Waals surface area contributed by atoms with Crippen LogP contribution in [0.4, 0.5) is 0 Å². The van der Waals surface area contributed by atoms with Crippen LogP contribution >= 0.6 is 0 Å². The second-order valence-electron chi connectivity index (χ2n) is 4.67. The fourth-order valence-electron chi connectivity index (χ4n) is 2.73. The summed E-state index contributed by atoms with van der Waals surface area (Å²) < 4.78 is 5.36. The van der Waals surface area contributed by atoms with Crippen LogP contribution in [-0.2, 0) is 17.6 Å². The van der Waals surface area contributed by atoms with Gasteiger partial charge in [0, 0.05) is 0 Å². The normalized spacial score (nSPS) is 15.4. The maximum Gasteiger partial charge on any atom is 0.303 e. The Morgan fingerprint density at radius 1 is 1.41 bits per heavy atom. The van der Waals surface area contributed by atoms with Crippen LogP contribution in [0.15, 0.2) is 12.1 Å². The molecule has 1 N–H and O–H groups in total. The zero-order valence-electron chi connectivity index (χ0n) is 10.3. The Balaban J connectivity index is 2.36. The van der Waals surface area contributed by atoms with Gasteiger partial charge in [0.15, 0.2) is 0 Å². The highest BCUT2D eigenvalue weighted by atomic mass is 16.5. The van der Waals surface area contributed by atoms with Gasteiger partial charge in [-0.15, -0.1) is 0 Å². The highest BCUT2D eigenvalue weighted by Crippen LogP contribution is 2.36. The molecule has 1 aliphatic rings. The Bertz CT molecular complexity index is 437. The number of fused-ring (bicyclic) bond motifs is 1. The average Bonchev–Trinajstić information content (AvgIpc) is 2.75. The van der Waals surface area contributed by atoms with Crippen molar-refractivity contribution < 1.29 is 14.6 Å². The molecule has 0 aromatic heterocycles. The van der Waals surface area contributed by atoms with Crippen molar-refractivity contribution in [3.63, 3.8) is 0 Å². The highest BCUT2D eigenvalue weighted by molar-refractivity contribution is 5.68. The lowest BCUT2D eigenvalue weighted by Crippen LogP contribution is -2.06. The molecule has 1 unspecified atom stereocenters. The first-order valence-electron chi connectivity index (χ1n) is 6.04. The predicted octanol–water partition coefficient (Wildman–Crippen LogP) is 2.76. The molecule has 0 amide bonds. The summed E-state index contributed by atoms with van der Waals surface area (Å²) in [6, 6.07) is 3.99. The minimum Gasteiger partial charge on any atom is -0.496 e. The third-order valence-corrected chi connectivity index (χ3v) is 3.51. The Labute approximate surface area is 101 Å². The summed E-state index contributed by atoms with van der Waals surface area (Å²) in [4.78, 5) is 10.8. The zero-order valence-corrected chi connectivity index (χ0v) is 10.3. The standard InChI is InChI=1S/C14H18O3/c1-9(8-14(15)16)10-6-7-13(17-2)12-5-3-4-11(10)12/h6-7,9H,3-5,8H2,1-2H3,(H,15,16). The van der Waals surface area contributed by atoms with Crippen LogP contribution in [0.5, 0.6) is 5.75 Å². The van der Waals surface area contributed by atoms with E-state index in [1.165, 1.54) is 16.7 Å². The first kappa shape index (κ1) is 12.0. The molecule has 0 saturated carbocycles. The number of hydrogen-bond donors (Lipinski definition) is 1. The van der Waals surface area contributed by atoms with E-state index in [0.717, 1.165) is 25.0 Å². The second-order valence-corrected chi connectivity index (χ2v) is 4.67. The number of methoxy groups -OCH3 is 1. The van der Waals surface area contributed by atoms with Crippen molar-refractivity contribution >= 4 is 5.97 Å². The number of hydrogen-bond acceptors (Lipinski definition) is 2. The van der Waals surface area contributed by atoms with E-state index in [1.54, 1.807) is 7.11 Å². The smallest absolute Gasteiger partial charge is 0.303 e. The number of aliphatic carboxylic acids is 1. The molecule has 1 aromatic carbocycles. The Hall–Kier alpha value is -1.51. The second kappa shape index (κ2) is 4.78. The summed E-state index contributed by atoms with van der Waals surface area (Å²) in [5, 5.41) is 8.87. The zero-order chi connectivity index (χ0) is 12.4. The number of ether oxygens (including phenoxy) is 1. The lowest BCUT2D eigenvalue weighted by molar-refractivity contribution is -0.137. The van der Waals surface area contributed by atoms with Gasteiger partial charge in [0.05, 0.1) is 13.5 Å². The first-order valence-corrected chi connectivity index (χ1v) is 6.04. The molecule has 92 valence electrons. The van der Waals surface area contributed by atoms with Crippen molar-refractivity contribution in [2.75, 3.05) is 7.11 Å². The highest BCUT2D eigenvalue weighted by Gasteiger charge is 2.22. The van der Waals surface area contributed by atoms with Gasteiger partial charge in [-0.1, -0.05) is 13.0 Å². The quantitative estimate of drug-likeness (QED) is 0.871. The van der Waals surface area contributed by atoms with Crippen molar-refractivity contribution in [3.8, 4) is 5.75 Å². The molecule has 0 heterocycles. The SMILES string of the molecule is COc1ccc(C(C)CC(=O)O)c2c1CCC2. The van der Waals surface area contributed by atoms with E-state index in [4.69, 9.17) is 9.84 Å². The molecular formula is C14H18O3. The monoisotopic (exact) mass is 234 g/mol. The third-order valence-electron chi connectivity index (χ3n) is 3.51. The van der Waals surface area contributed by atoms with Crippen LogP contribution in [0.3, 0.4) is 0 Å². The molecular weight excluding hydrogens is 216 g/mol. The van der Waals surface area contributed by atoms with E-state index < -0.39 is 5.97 Å². The van der Waals surface area contributed by atoms with Crippen molar-refractivity contribution in [2.45, 2.75) is 38.5 Å². The average molecular weight is 234 g/mol. The van der Waals surface area contributed by atoms with Crippen LogP contribution in [0.25, 0.3) is 0 Å². The molecule has 1 aromatic rings. The van der Waals surface area contributed by atoms with E-state index >= 15 is 0 Å². The largest absolute Gasteiger partial charge is 0.496 e. The van der Waals surface area contributed by atoms with E-state index in [9.17, 15) is 4.79 Å². The summed E-state index contributed by atoms with van der Waals surface area (Å²) >= 11 is 0. The van der Waals surface area contributed by atoms with Gasteiger partial charge < -0.3 is 9.84 Å². The molecule has 0 aliphatic heterocycles. The van der Waals surface area contributed by atoms with Crippen LogP contribution in [0, 0.1) is 0 Å². The number of carboxylic acid groups (broad SMARTS) is 1. The molecule has 0 bridgehead atoms. The van der Waals surface area contributed by atoms with E-state index in [2.05, 4.69) is 0 Å². The number of benzene rings is 1. The van der Waals surface area contributed by atoms with Crippen molar-refractivity contribution in [1.29, 1.82) is 0 Å². The number of carboxylic acids is 1. The van der Waals surface area contributed by atoms with Gasteiger partial charge in [0.2, 0.25) is 0 Å². The summed E-state index contributed by atoms with van der Waals surface area (Å²) in [5.41, 5.74) is 3.78. The van der Waals surface area contributed by atoms with Gasteiger partial charge in [-0.2, -0.15) is 0 Å². The lowest BCUT2D eigenvalue weighted by atomic mass is 9.91. The van der Waals surface area contributed by atoms with Crippen molar-refractivity contribution in [1.82, 2.24) is 0 Å². The Morgan fingerprint density at radius 2 is 2.12 bits per heavy atom. The minimum atomic E-state index is -0.736. The summed E-state index contributed by atoms with van der Waals surface area (Å²) in [5.74, 6) is 0.286. The molecule has 3 heteroatoms. The topological polar surface area (TPSA) is 46.5 Å². The van der Waals surface area contributed by atoms with Crippen LogP contribution in [0.2, 0.25) is 0 Å². The molecule has 0 spiro atoms. The first-order chi connectivity index (χ1) is 8.13. The fraction of sp³-hybridized carbons (Fsp3) is 0.500. The van der Waals surface area contributed by atoms with Gasteiger partial charge in [-0.05, 0) is 47.9 Å². The lowest BCUT2D eigenvalue weighted by Gasteiger charge is -2.16. The van der Waals surface area contributed by atoms with Gasteiger partial charge >= 0.3 is 5.97 Å². The minimum absolute atomic E-state index is 0.0743. The molecule has 0 saturated heterocycles.